The topological polar surface area (TPSA) is 107 Å². The number of carbonyl (C=O) groups is 1. The number of carbonyl (C=O) groups excluding carboxylic acids is 1. The summed E-state index contributed by atoms with van der Waals surface area (Å²) < 4.78 is 64.3. The Morgan fingerprint density at radius 1 is 1.27 bits per heavy atom. The first-order valence-electron chi connectivity index (χ1n) is 7.41. The number of sulfonamides is 1. The lowest BCUT2D eigenvalue weighted by molar-refractivity contribution is -0.140. The van der Waals surface area contributed by atoms with Crippen LogP contribution in [0.4, 0.5) is 24.7 Å². The molecule has 12 heteroatoms. The smallest absolute Gasteiger partial charge is 0.356 e. The van der Waals surface area contributed by atoms with E-state index in [2.05, 4.69) is 15.0 Å². The van der Waals surface area contributed by atoms with Crippen molar-refractivity contribution in [1.29, 1.82) is 0 Å². The number of rotatable bonds is 4. The van der Waals surface area contributed by atoms with E-state index in [0.29, 0.717) is 25.0 Å². The summed E-state index contributed by atoms with van der Waals surface area (Å²) in [6, 6.07) is 3.45. The van der Waals surface area contributed by atoms with Gasteiger partial charge in [0, 0.05) is 19.3 Å². The summed E-state index contributed by atoms with van der Waals surface area (Å²) in [5, 5.41) is 2.67. The van der Waals surface area contributed by atoms with E-state index >= 15 is 0 Å². The van der Waals surface area contributed by atoms with Crippen molar-refractivity contribution < 1.29 is 26.4 Å². The van der Waals surface area contributed by atoms with Gasteiger partial charge in [-0.2, -0.15) is 13.2 Å². The number of hydrogen-bond donors (Lipinski definition) is 3. The molecule has 3 N–H and O–H groups in total. The number of aromatic amines is 1. The van der Waals surface area contributed by atoms with Crippen LogP contribution in [-0.2, 0) is 21.0 Å². The van der Waals surface area contributed by atoms with E-state index < -0.39 is 26.8 Å². The first kappa shape index (κ1) is 18.0. The van der Waals surface area contributed by atoms with Gasteiger partial charge in [-0.25, -0.2) is 13.4 Å². The van der Waals surface area contributed by atoms with E-state index in [9.17, 15) is 26.4 Å². The fraction of sp³-hybridized carbons (Fsp3) is 0.286. The van der Waals surface area contributed by atoms with Crippen molar-refractivity contribution in [3.8, 4) is 0 Å². The number of pyridine rings is 1. The zero-order chi connectivity index (χ0) is 18.9. The predicted molar refractivity (Wildman–Crippen MR) is 86.1 cm³/mol. The molecule has 140 valence electrons. The van der Waals surface area contributed by atoms with Crippen molar-refractivity contribution in [2.75, 3.05) is 29.3 Å². The molecule has 26 heavy (non-hydrogen) atoms. The van der Waals surface area contributed by atoms with Crippen LogP contribution >= 0.6 is 0 Å². The van der Waals surface area contributed by atoms with Crippen molar-refractivity contribution in [1.82, 2.24) is 15.3 Å². The summed E-state index contributed by atoms with van der Waals surface area (Å²) in [6.07, 6.45) is -2.67. The van der Waals surface area contributed by atoms with Crippen LogP contribution in [-0.4, -0.2) is 43.9 Å². The molecule has 0 aromatic carbocycles. The third-order valence-corrected chi connectivity index (χ3v) is 5.00. The zero-order valence-electron chi connectivity index (χ0n) is 13.2. The molecule has 3 heterocycles. The fourth-order valence-electron chi connectivity index (χ4n) is 2.37. The van der Waals surface area contributed by atoms with Crippen molar-refractivity contribution in [3.05, 3.63) is 36.3 Å². The van der Waals surface area contributed by atoms with Gasteiger partial charge in [0.2, 0.25) is 5.91 Å². The zero-order valence-corrected chi connectivity index (χ0v) is 14.0. The number of aromatic nitrogens is 2. The average molecular weight is 389 g/mol. The minimum atomic E-state index is -4.67. The molecule has 2 aromatic heterocycles. The molecular formula is C14H14F3N5O3S. The van der Waals surface area contributed by atoms with E-state index in [1.807, 2.05) is 4.98 Å². The molecule has 1 aliphatic heterocycles. The minimum absolute atomic E-state index is 0.0879. The van der Waals surface area contributed by atoms with Crippen LogP contribution in [0.1, 0.15) is 5.69 Å². The molecule has 0 aliphatic carbocycles. The van der Waals surface area contributed by atoms with Crippen LogP contribution in [0.15, 0.2) is 35.5 Å². The van der Waals surface area contributed by atoms with E-state index in [1.165, 1.54) is 18.3 Å². The second-order valence-electron chi connectivity index (χ2n) is 5.53. The standard InChI is InChI=1S/C14H14F3N5O3S/c15-14(16,17)11-5-10(7-19-11)26(24,25)21-9-1-2-12(20-6-9)22-4-3-18-13(23)8-22/h1-2,5-7,19,21H,3-4,8H2,(H,18,23). The Balaban J connectivity index is 1.73. The van der Waals surface area contributed by atoms with Crippen molar-refractivity contribution in [2.24, 2.45) is 0 Å². The minimum Gasteiger partial charge on any atom is -0.356 e. The number of amides is 1. The molecule has 0 unspecified atom stereocenters. The van der Waals surface area contributed by atoms with E-state index in [4.69, 9.17) is 0 Å². The molecule has 3 rings (SSSR count). The summed E-state index contributed by atoms with van der Waals surface area (Å²) in [6.45, 7) is 1.18. The monoisotopic (exact) mass is 389 g/mol. The number of nitrogens with one attached hydrogen (secondary N) is 3. The van der Waals surface area contributed by atoms with Crippen LogP contribution in [0.2, 0.25) is 0 Å². The van der Waals surface area contributed by atoms with Gasteiger partial charge in [-0.05, 0) is 18.2 Å². The highest BCUT2D eigenvalue weighted by Crippen LogP contribution is 2.30. The highest BCUT2D eigenvalue weighted by atomic mass is 32.2. The molecule has 1 amide bonds. The summed E-state index contributed by atoms with van der Waals surface area (Å²) >= 11 is 0. The number of halogens is 3. The maximum Gasteiger partial charge on any atom is 0.431 e. The molecule has 0 saturated carbocycles. The van der Waals surface area contributed by atoms with Crippen molar-refractivity contribution >= 4 is 27.4 Å². The van der Waals surface area contributed by atoms with Crippen LogP contribution < -0.4 is 14.9 Å². The Morgan fingerprint density at radius 3 is 2.62 bits per heavy atom. The summed E-state index contributed by atoms with van der Waals surface area (Å²) in [4.78, 5) is 18.5. The highest BCUT2D eigenvalue weighted by molar-refractivity contribution is 7.92. The molecule has 1 fully saturated rings. The number of piperazine rings is 1. The molecule has 0 spiro atoms. The maximum absolute atomic E-state index is 12.6. The number of alkyl halides is 3. The van der Waals surface area contributed by atoms with Gasteiger partial charge in [0.15, 0.2) is 0 Å². The van der Waals surface area contributed by atoms with Crippen LogP contribution in [0.25, 0.3) is 0 Å². The van der Waals surface area contributed by atoms with Crippen LogP contribution in [0.5, 0.6) is 0 Å². The number of anilines is 2. The molecule has 0 bridgehead atoms. The summed E-state index contributed by atoms with van der Waals surface area (Å²) in [5.41, 5.74) is -1.07. The first-order valence-corrected chi connectivity index (χ1v) is 8.89. The van der Waals surface area contributed by atoms with Gasteiger partial charge >= 0.3 is 6.18 Å². The number of H-pyrrole nitrogens is 1. The molecule has 8 nitrogen and oxygen atoms in total. The largest absolute Gasteiger partial charge is 0.431 e. The third-order valence-electron chi connectivity index (χ3n) is 3.63. The number of hydrogen-bond acceptors (Lipinski definition) is 5. The predicted octanol–water partition coefficient (Wildman–Crippen LogP) is 1.17. The first-order chi connectivity index (χ1) is 12.1. The third kappa shape index (κ3) is 3.90. The van der Waals surface area contributed by atoms with Crippen LogP contribution in [0, 0.1) is 0 Å². The van der Waals surface area contributed by atoms with Crippen LogP contribution in [0.3, 0.4) is 0 Å². The molecule has 1 aliphatic rings. The summed E-state index contributed by atoms with van der Waals surface area (Å²) in [7, 11) is -4.20. The van der Waals surface area contributed by atoms with E-state index in [0.717, 1.165) is 6.20 Å². The fourth-order valence-corrected chi connectivity index (χ4v) is 3.41. The molecule has 1 saturated heterocycles. The van der Waals surface area contributed by atoms with Gasteiger partial charge in [0.1, 0.15) is 16.4 Å². The molecule has 0 atom stereocenters. The second-order valence-corrected chi connectivity index (χ2v) is 7.21. The Kier molecular flexibility index (Phi) is 4.52. The highest BCUT2D eigenvalue weighted by Gasteiger charge is 2.33. The summed E-state index contributed by atoms with van der Waals surface area (Å²) in [5.74, 6) is 0.347. The SMILES string of the molecule is O=C1CN(c2ccc(NS(=O)(=O)c3c[nH]c(C(F)(F)F)c3)cn2)CCN1. The molecule has 0 radical (unpaired) electrons. The van der Waals surface area contributed by atoms with E-state index in [1.54, 1.807) is 4.90 Å². The van der Waals surface area contributed by atoms with Gasteiger partial charge < -0.3 is 15.2 Å². The van der Waals surface area contributed by atoms with Crippen molar-refractivity contribution in [3.63, 3.8) is 0 Å². The lowest BCUT2D eigenvalue weighted by Gasteiger charge is -2.27. The Morgan fingerprint density at radius 2 is 2.04 bits per heavy atom. The van der Waals surface area contributed by atoms with Gasteiger partial charge in [0.25, 0.3) is 10.0 Å². The van der Waals surface area contributed by atoms with Gasteiger partial charge in [0.05, 0.1) is 18.4 Å². The van der Waals surface area contributed by atoms with Gasteiger partial charge in [-0.3, -0.25) is 9.52 Å². The lowest BCUT2D eigenvalue weighted by Crippen LogP contribution is -2.48. The van der Waals surface area contributed by atoms with Crippen molar-refractivity contribution in [2.45, 2.75) is 11.1 Å². The van der Waals surface area contributed by atoms with E-state index in [-0.39, 0.29) is 18.1 Å². The Labute approximate surface area is 146 Å². The quantitative estimate of drug-likeness (QED) is 0.728. The number of nitrogens with zero attached hydrogens (tertiary/aromatic N) is 2. The van der Waals surface area contributed by atoms with Gasteiger partial charge in [-0.1, -0.05) is 0 Å². The second kappa shape index (κ2) is 6.52. The molecule has 2 aromatic rings. The van der Waals surface area contributed by atoms with Gasteiger partial charge in [-0.15, -0.1) is 0 Å². The average Bonchev–Trinajstić information content (AvgIpc) is 3.06. The Hall–Kier alpha value is -2.76. The maximum atomic E-state index is 12.6. The normalized spacial score (nSPS) is 15.7. The molecular weight excluding hydrogens is 375 g/mol. The lowest BCUT2D eigenvalue weighted by atomic mass is 10.3. The Bertz CT molecular complexity index is 909.